The first kappa shape index (κ1) is 23.3. The first-order chi connectivity index (χ1) is 12.3. The highest BCUT2D eigenvalue weighted by Crippen LogP contribution is 2.32. The summed E-state index contributed by atoms with van der Waals surface area (Å²) in [4.78, 5) is 9.17. The number of hydrogen-bond donors (Lipinski definition) is 1. The molecular formula is C13H14F4NO7S2-. The first-order valence-electron chi connectivity index (χ1n) is 7.23. The molecule has 0 aromatic heterocycles. The van der Waals surface area contributed by atoms with Crippen LogP contribution >= 0.6 is 0 Å². The minimum absolute atomic E-state index is 0.0959. The molecule has 27 heavy (non-hydrogen) atoms. The average Bonchev–Trinajstić information content (AvgIpc) is 2.50. The van der Waals surface area contributed by atoms with E-state index in [1.54, 1.807) is 0 Å². The zero-order valence-electron chi connectivity index (χ0n) is 13.7. The molecule has 0 spiro atoms. The number of unbranched alkanes of at least 4 members (excludes halogenated alkanes) is 2. The number of halogens is 4. The van der Waals surface area contributed by atoms with Crippen molar-refractivity contribution in [3.05, 3.63) is 23.3 Å². The zero-order valence-corrected chi connectivity index (χ0v) is 15.4. The molecule has 1 N–H and O–H groups in total. The van der Waals surface area contributed by atoms with E-state index in [9.17, 15) is 43.7 Å². The van der Waals surface area contributed by atoms with E-state index in [0.717, 1.165) is 6.26 Å². The quantitative estimate of drug-likeness (QED) is 0.154. The van der Waals surface area contributed by atoms with Gasteiger partial charge in [0.15, 0.2) is 11.6 Å². The normalized spacial score (nSPS) is 12.2. The van der Waals surface area contributed by atoms with Crippen molar-refractivity contribution in [2.45, 2.75) is 30.6 Å². The molecule has 0 unspecified atom stereocenters. The van der Waals surface area contributed by atoms with Crippen LogP contribution < -0.4 is 9.46 Å². The van der Waals surface area contributed by atoms with Crippen LogP contribution in [0.3, 0.4) is 0 Å². The van der Waals surface area contributed by atoms with E-state index in [1.807, 2.05) is 0 Å². The molecule has 1 rings (SSSR count). The molecule has 8 nitrogen and oxygen atoms in total. The average molecular weight is 436 g/mol. The molecule has 0 saturated carbocycles. The molecule has 1 aromatic rings. The Bertz CT molecular complexity index is 903. The van der Waals surface area contributed by atoms with Gasteiger partial charge in [-0.15, -0.1) is 0 Å². The predicted molar refractivity (Wildman–Crippen MR) is 81.2 cm³/mol. The van der Waals surface area contributed by atoms with Crippen LogP contribution in [0.1, 0.15) is 25.7 Å². The maximum atomic E-state index is 13.7. The molecule has 0 bridgehead atoms. The summed E-state index contributed by atoms with van der Waals surface area (Å²) in [7, 11) is -9.22. The van der Waals surface area contributed by atoms with Gasteiger partial charge < -0.3 is 9.29 Å². The van der Waals surface area contributed by atoms with E-state index >= 15 is 0 Å². The van der Waals surface area contributed by atoms with Gasteiger partial charge in [0.2, 0.25) is 27.4 Å². The Morgan fingerprint density at radius 1 is 0.963 bits per heavy atom. The standard InChI is InChI=1S/C13H15F4NO7S2/c1-26(20,21)18-6-4-2-3-5-7(19)25-12-8(14)10(16)13(27(22,23)24)11(17)9(12)15/h18H,2-6H2,1H3,(H,22,23,24)/p-1. The molecular weight excluding hydrogens is 422 g/mol. The monoisotopic (exact) mass is 436 g/mol. The SMILES string of the molecule is CS(=O)(=O)NCCCCCC(=O)Oc1c(F)c(F)c(S(=O)(=O)[O-])c(F)c1F. The minimum atomic E-state index is -5.86. The number of benzene rings is 1. The van der Waals surface area contributed by atoms with E-state index < -0.39 is 66.4 Å². The Kier molecular flexibility index (Phi) is 7.71. The van der Waals surface area contributed by atoms with Crippen LogP contribution in [-0.2, 0) is 24.9 Å². The molecule has 0 aliphatic carbocycles. The molecule has 0 radical (unpaired) electrons. The lowest BCUT2D eigenvalue weighted by atomic mass is 10.2. The van der Waals surface area contributed by atoms with Gasteiger partial charge in [0.05, 0.1) is 6.26 Å². The van der Waals surface area contributed by atoms with Crippen LogP contribution in [0.2, 0.25) is 0 Å². The van der Waals surface area contributed by atoms with Crippen LogP contribution in [0.25, 0.3) is 0 Å². The van der Waals surface area contributed by atoms with E-state index in [1.165, 1.54) is 0 Å². The maximum Gasteiger partial charge on any atom is 0.311 e. The van der Waals surface area contributed by atoms with E-state index in [2.05, 4.69) is 9.46 Å². The number of rotatable bonds is 9. The van der Waals surface area contributed by atoms with Crippen LogP contribution in [-0.4, -0.2) is 40.2 Å². The highest BCUT2D eigenvalue weighted by Gasteiger charge is 2.31. The number of hydrogen-bond acceptors (Lipinski definition) is 7. The van der Waals surface area contributed by atoms with Gasteiger partial charge in [-0.1, -0.05) is 6.42 Å². The van der Waals surface area contributed by atoms with Crippen molar-refractivity contribution < 1.29 is 48.5 Å². The Labute approximate surface area is 152 Å². The topological polar surface area (TPSA) is 130 Å². The molecule has 0 heterocycles. The summed E-state index contributed by atoms with van der Waals surface area (Å²) in [6, 6.07) is 0. The Hall–Kier alpha value is -1.77. The fourth-order valence-electron chi connectivity index (χ4n) is 1.89. The third-order valence-electron chi connectivity index (χ3n) is 3.07. The van der Waals surface area contributed by atoms with E-state index in [0.29, 0.717) is 12.8 Å². The van der Waals surface area contributed by atoms with Crippen LogP contribution in [0, 0.1) is 23.3 Å². The van der Waals surface area contributed by atoms with Gasteiger partial charge in [0.1, 0.15) is 15.0 Å². The lowest BCUT2D eigenvalue weighted by Crippen LogP contribution is -2.22. The van der Waals surface area contributed by atoms with Crippen molar-refractivity contribution in [2.24, 2.45) is 0 Å². The lowest BCUT2D eigenvalue weighted by molar-refractivity contribution is -0.135. The van der Waals surface area contributed by atoms with Gasteiger partial charge in [0.25, 0.3) is 0 Å². The van der Waals surface area contributed by atoms with Crippen LogP contribution in [0.4, 0.5) is 17.6 Å². The van der Waals surface area contributed by atoms with Gasteiger partial charge in [-0.3, -0.25) is 4.79 Å². The van der Waals surface area contributed by atoms with Gasteiger partial charge in [-0.2, -0.15) is 8.78 Å². The van der Waals surface area contributed by atoms with Crippen LogP contribution in [0.15, 0.2) is 4.90 Å². The lowest BCUT2D eigenvalue weighted by Gasteiger charge is -2.14. The summed E-state index contributed by atoms with van der Waals surface area (Å²) in [6.45, 7) is 0.0959. The van der Waals surface area contributed by atoms with Gasteiger partial charge >= 0.3 is 5.97 Å². The van der Waals surface area contributed by atoms with Crippen LogP contribution in [0.5, 0.6) is 5.75 Å². The molecule has 0 fully saturated rings. The molecule has 0 aliphatic heterocycles. The summed E-state index contributed by atoms with van der Waals surface area (Å²) in [5, 5.41) is 0. The second-order valence-electron chi connectivity index (χ2n) is 5.32. The van der Waals surface area contributed by atoms with E-state index in [-0.39, 0.29) is 13.0 Å². The number of ether oxygens (including phenoxy) is 1. The third kappa shape index (κ3) is 6.71. The molecule has 0 saturated heterocycles. The zero-order chi connectivity index (χ0) is 21.0. The Morgan fingerprint density at radius 3 is 1.93 bits per heavy atom. The van der Waals surface area contributed by atoms with Crippen molar-refractivity contribution in [2.75, 3.05) is 12.8 Å². The molecule has 0 aliphatic rings. The molecule has 14 heteroatoms. The fourth-order valence-corrected chi connectivity index (χ4v) is 3.03. The summed E-state index contributed by atoms with van der Waals surface area (Å²) in [6.07, 6.45) is 1.28. The van der Waals surface area contributed by atoms with Gasteiger partial charge in [0, 0.05) is 13.0 Å². The summed E-state index contributed by atoms with van der Waals surface area (Å²) in [5.41, 5.74) is 0. The van der Waals surface area contributed by atoms with Crippen molar-refractivity contribution in [1.29, 1.82) is 0 Å². The largest absolute Gasteiger partial charge is 0.744 e. The minimum Gasteiger partial charge on any atom is -0.744 e. The third-order valence-corrected chi connectivity index (χ3v) is 4.66. The van der Waals surface area contributed by atoms with Gasteiger partial charge in [-0.25, -0.2) is 30.3 Å². The number of nitrogens with one attached hydrogen (secondary N) is 1. The molecule has 154 valence electrons. The fraction of sp³-hybridized carbons (Fsp3) is 0.462. The highest BCUT2D eigenvalue weighted by atomic mass is 32.2. The number of sulfonamides is 1. The van der Waals surface area contributed by atoms with Gasteiger partial charge in [-0.05, 0) is 12.8 Å². The summed E-state index contributed by atoms with van der Waals surface area (Å²) < 4.78 is 114. The van der Waals surface area contributed by atoms with Crippen molar-refractivity contribution in [1.82, 2.24) is 4.72 Å². The molecule has 0 amide bonds. The van der Waals surface area contributed by atoms with Crippen molar-refractivity contribution in [3.8, 4) is 5.75 Å². The molecule has 1 aromatic carbocycles. The Balaban J connectivity index is 2.76. The first-order valence-corrected chi connectivity index (χ1v) is 10.5. The summed E-state index contributed by atoms with van der Waals surface area (Å²) in [5.74, 6) is -12.8. The predicted octanol–water partition coefficient (Wildman–Crippen LogP) is 1.16. The smallest absolute Gasteiger partial charge is 0.311 e. The number of carbonyl (C=O) groups is 1. The number of carbonyl (C=O) groups excluding carboxylic acids is 1. The van der Waals surface area contributed by atoms with Crippen molar-refractivity contribution >= 4 is 26.1 Å². The Morgan fingerprint density at radius 2 is 1.48 bits per heavy atom. The maximum absolute atomic E-state index is 13.7. The van der Waals surface area contributed by atoms with E-state index in [4.69, 9.17) is 0 Å². The second kappa shape index (κ2) is 8.95. The molecule has 0 atom stereocenters. The second-order valence-corrected chi connectivity index (χ2v) is 8.47. The highest BCUT2D eigenvalue weighted by molar-refractivity contribution is 7.88. The number of esters is 1. The summed E-state index contributed by atoms with van der Waals surface area (Å²) >= 11 is 0. The van der Waals surface area contributed by atoms with Crippen molar-refractivity contribution in [3.63, 3.8) is 0 Å².